The quantitative estimate of drug-likeness (QED) is 0.885. The number of benzene rings is 2. The zero-order chi connectivity index (χ0) is 17.5. The van der Waals surface area contributed by atoms with Crippen molar-refractivity contribution in [2.24, 2.45) is 0 Å². The average molecular weight is 347 g/mol. The maximum Gasteiger partial charge on any atom is 0.339 e. The van der Waals surface area contributed by atoms with Gasteiger partial charge >= 0.3 is 5.97 Å². The zero-order valence-electron chi connectivity index (χ0n) is 13.1. The Morgan fingerprint density at radius 2 is 1.96 bits per heavy atom. The number of sulfonamides is 1. The van der Waals surface area contributed by atoms with E-state index in [0.29, 0.717) is 18.7 Å². The van der Waals surface area contributed by atoms with Crippen molar-refractivity contribution < 1.29 is 23.4 Å². The summed E-state index contributed by atoms with van der Waals surface area (Å²) in [6.45, 7) is 2.37. The lowest BCUT2D eigenvalue weighted by atomic mass is 10.1. The Hall–Kier alpha value is -2.54. The highest BCUT2D eigenvalue weighted by Gasteiger charge is 2.31. The monoisotopic (exact) mass is 347 g/mol. The molecule has 24 heavy (non-hydrogen) atoms. The van der Waals surface area contributed by atoms with Gasteiger partial charge in [-0.15, -0.1) is 0 Å². The first-order valence-corrected chi connectivity index (χ1v) is 8.99. The standard InChI is InChI=1S/C17H17NO5S/c1-2-11-3-6-15-12(9-11)7-8-18(15)24(22,23)13-4-5-14(17(20)21)16(19)10-13/h3-6,9-10,19H,2,7-8H2,1H3,(H,20,21). The average Bonchev–Trinajstić information content (AvgIpc) is 2.97. The summed E-state index contributed by atoms with van der Waals surface area (Å²) < 4.78 is 27.0. The van der Waals surface area contributed by atoms with E-state index in [1.54, 1.807) is 6.07 Å². The lowest BCUT2D eigenvalue weighted by Gasteiger charge is -2.20. The van der Waals surface area contributed by atoms with Crippen LogP contribution < -0.4 is 4.31 Å². The van der Waals surface area contributed by atoms with Gasteiger partial charge in [0.15, 0.2) is 0 Å². The molecule has 0 atom stereocenters. The number of aryl methyl sites for hydroxylation is 1. The van der Waals surface area contributed by atoms with Crippen molar-refractivity contribution in [3.8, 4) is 5.75 Å². The number of aromatic hydroxyl groups is 1. The molecule has 0 aliphatic carbocycles. The molecule has 0 fully saturated rings. The van der Waals surface area contributed by atoms with Gasteiger partial charge in [-0.05, 0) is 42.2 Å². The first-order chi connectivity index (χ1) is 11.3. The van der Waals surface area contributed by atoms with E-state index in [4.69, 9.17) is 5.11 Å². The number of rotatable bonds is 4. The van der Waals surface area contributed by atoms with E-state index < -0.39 is 21.7 Å². The summed E-state index contributed by atoms with van der Waals surface area (Å²) in [5.41, 5.74) is 2.43. The van der Waals surface area contributed by atoms with Gasteiger partial charge in [0.2, 0.25) is 0 Å². The summed E-state index contributed by atoms with van der Waals surface area (Å²) in [7, 11) is -3.86. The second-order valence-electron chi connectivity index (χ2n) is 5.63. The number of aromatic carboxylic acids is 1. The van der Waals surface area contributed by atoms with Crippen molar-refractivity contribution in [1.29, 1.82) is 0 Å². The molecule has 7 heteroatoms. The third-order valence-corrected chi connectivity index (χ3v) is 6.00. The Labute approximate surface area is 140 Å². The maximum atomic E-state index is 12.9. The lowest BCUT2D eigenvalue weighted by Crippen LogP contribution is -2.29. The number of fused-ring (bicyclic) bond motifs is 1. The summed E-state index contributed by atoms with van der Waals surface area (Å²) in [4.78, 5) is 10.8. The van der Waals surface area contributed by atoms with Gasteiger partial charge in [-0.1, -0.05) is 19.1 Å². The van der Waals surface area contributed by atoms with E-state index in [9.17, 15) is 18.3 Å². The third kappa shape index (κ3) is 2.60. The van der Waals surface area contributed by atoms with Crippen LogP contribution in [-0.2, 0) is 22.9 Å². The molecule has 0 aromatic heterocycles. The van der Waals surface area contributed by atoms with Gasteiger partial charge in [-0.3, -0.25) is 4.31 Å². The smallest absolute Gasteiger partial charge is 0.339 e. The molecule has 1 aliphatic rings. The van der Waals surface area contributed by atoms with Crippen molar-refractivity contribution in [1.82, 2.24) is 0 Å². The number of nitrogens with zero attached hydrogens (tertiary/aromatic N) is 1. The minimum Gasteiger partial charge on any atom is -0.507 e. The van der Waals surface area contributed by atoms with Crippen LogP contribution in [-0.4, -0.2) is 31.1 Å². The fourth-order valence-corrected chi connectivity index (χ4v) is 4.40. The fourth-order valence-electron chi connectivity index (χ4n) is 2.87. The van der Waals surface area contributed by atoms with Crippen LogP contribution in [0.4, 0.5) is 5.69 Å². The van der Waals surface area contributed by atoms with Gasteiger partial charge in [0.25, 0.3) is 10.0 Å². The normalized spacial score (nSPS) is 13.8. The SMILES string of the molecule is CCc1ccc2c(c1)CCN2S(=O)(=O)c1ccc(C(=O)O)c(O)c1. The molecule has 2 aromatic carbocycles. The van der Waals surface area contributed by atoms with Gasteiger partial charge in [-0.2, -0.15) is 0 Å². The number of carboxylic acid groups (broad SMARTS) is 1. The van der Waals surface area contributed by atoms with Crippen molar-refractivity contribution in [3.05, 3.63) is 53.1 Å². The summed E-state index contributed by atoms with van der Waals surface area (Å²) in [6, 6.07) is 8.99. The Bertz CT molecular complexity index is 921. The molecule has 0 spiro atoms. The van der Waals surface area contributed by atoms with Crippen molar-refractivity contribution in [3.63, 3.8) is 0 Å². The molecule has 2 N–H and O–H groups in total. The van der Waals surface area contributed by atoms with Crippen LogP contribution in [0, 0.1) is 0 Å². The largest absolute Gasteiger partial charge is 0.507 e. The summed E-state index contributed by atoms with van der Waals surface area (Å²) in [5, 5.41) is 18.7. The van der Waals surface area contributed by atoms with Crippen LogP contribution in [0.2, 0.25) is 0 Å². The van der Waals surface area contributed by atoms with Gasteiger partial charge < -0.3 is 10.2 Å². The fraction of sp³-hybridized carbons (Fsp3) is 0.235. The Balaban J connectivity index is 2.02. The van der Waals surface area contributed by atoms with E-state index in [-0.39, 0.29) is 10.5 Å². The van der Waals surface area contributed by atoms with E-state index in [1.165, 1.54) is 10.4 Å². The number of carboxylic acids is 1. The highest BCUT2D eigenvalue weighted by Crippen LogP contribution is 2.34. The molecule has 0 radical (unpaired) electrons. The Kier molecular flexibility index (Phi) is 3.96. The maximum absolute atomic E-state index is 12.9. The summed E-state index contributed by atoms with van der Waals surface area (Å²) >= 11 is 0. The second-order valence-corrected chi connectivity index (χ2v) is 7.49. The van der Waals surface area contributed by atoms with Gasteiger partial charge in [-0.25, -0.2) is 13.2 Å². The topological polar surface area (TPSA) is 94.9 Å². The van der Waals surface area contributed by atoms with E-state index in [1.807, 2.05) is 19.1 Å². The second kappa shape index (κ2) is 5.83. The first-order valence-electron chi connectivity index (χ1n) is 7.55. The van der Waals surface area contributed by atoms with E-state index in [0.717, 1.165) is 29.7 Å². The third-order valence-electron chi connectivity index (χ3n) is 4.19. The highest BCUT2D eigenvalue weighted by atomic mass is 32.2. The predicted molar refractivity (Wildman–Crippen MR) is 89.1 cm³/mol. The van der Waals surface area contributed by atoms with E-state index in [2.05, 4.69) is 0 Å². The number of hydrogen-bond acceptors (Lipinski definition) is 4. The molecule has 6 nitrogen and oxygen atoms in total. The molecule has 0 bridgehead atoms. The zero-order valence-corrected chi connectivity index (χ0v) is 13.9. The minimum atomic E-state index is -3.86. The van der Waals surface area contributed by atoms with Crippen molar-refractivity contribution >= 4 is 21.7 Å². The van der Waals surface area contributed by atoms with Crippen molar-refractivity contribution in [2.45, 2.75) is 24.7 Å². The Morgan fingerprint density at radius 1 is 1.21 bits per heavy atom. The van der Waals surface area contributed by atoms with Crippen LogP contribution in [0.5, 0.6) is 5.75 Å². The van der Waals surface area contributed by atoms with E-state index >= 15 is 0 Å². The van der Waals surface area contributed by atoms with Crippen LogP contribution in [0.15, 0.2) is 41.3 Å². The van der Waals surface area contributed by atoms with Crippen molar-refractivity contribution in [2.75, 3.05) is 10.8 Å². The molecular weight excluding hydrogens is 330 g/mol. The van der Waals surface area contributed by atoms with Crippen LogP contribution in [0.25, 0.3) is 0 Å². The molecule has 0 unspecified atom stereocenters. The first kappa shape index (κ1) is 16.3. The Morgan fingerprint density at radius 3 is 2.58 bits per heavy atom. The number of hydrogen-bond donors (Lipinski definition) is 2. The molecule has 0 amide bonds. The molecule has 3 rings (SSSR count). The molecule has 0 saturated heterocycles. The van der Waals surface area contributed by atoms with Gasteiger partial charge in [0, 0.05) is 12.6 Å². The predicted octanol–water partition coefficient (Wildman–Crippen LogP) is 2.40. The number of phenols is 1. The van der Waals surface area contributed by atoms with Crippen LogP contribution >= 0.6 is 0 Å². The number of anilines is 1. The van der Waals surface area contributed by atoms with Gasteiger partial charge in [0.1, 0.15) is 11.3 Å². The molecular formula is C17H17NO5S. The lowest BCUT2D eigenvalue weighted by molar-refractivity contribution is 0.0693. The highest BCUT2D eigenvalue weighted by molar-refractivity contribution is 7.92. The molecule has 2 aromatic rings. The van der Waals surface area contributed by atoms with Crippen LogP contribution in [0.3, 0.4) is 0 Å². The molecule has 1 heterocycles. The summed E-state index contributed by atoms with van der Waals surface area (Å²) in [5.74, 6) is -1.88. The summed E-state index contributed by atoms with van der Waals surface area (Å²) in [6.07, 6.45) is 1.51. The van der Waals surface area contributed by atoms with Gasteiger partial charge in [0.05, 0.1) is 10.6 Å². The molecule has 1 aliphatic heterocycles. The minimum absolute atomic E-state index is 0.127. The van der Waals surface area contributed by atoms with Crippen LogP contribution in [0.1, 0.15) is 28.4 Å². The number of carbonyl (C=O) groups is 1. The molecule has 126 valence electrons. The molecule has 0 saturated carbocycles.